The van der Waals surface area contributed by atoms with Crippen LogP contribution in [0.25, 0.3) is 0 Å². The Morgan fingerprint density at radius 3 is 3.04 bits per heavy atom. The van der Waals surface area contributed by atoms with Crippen LogP contribution in [0, 0.1) is 5.92 Å². The summed E-state index contributed by atoms with van der Waals surface area (Å²) in [5.74, 6) is -0.888. The molecular formula is C17H19BrN4O2. The first-order valence-corrected chi connectivity index (χ1v) is 8.75. The SMILES string of the molecule is O=C(NCCCn1ccnc1)C1CCN(c2cccc(Br)c2)C1=O. The predicted molar refractivity (Wildman–Crippen MR) is 94.5 cm³/mol. The first-order chi connectivity index (χ1) is 11.6. The lowest BCUT2D eigenvalue weighted by Crippen LogP contribution is -2.37. The van der Waals surface area contributed by atoms with Crippen LogP contribution in [0.2, 0.25) is 0 Å². The summed E-state index contributed by atoms with van der Waals surface area (Å²) in [5.41, 5.74) is 0.824. The van der Waals surface area contributed by atoms with Crippen LogP contribution < -0.4 is 10.2 Å². The van der Waals surface area contributed by atoms with Gasteiger partial charge in [0.15, 0.2) is 0 Å². The van der Waals surface area contributed by atoms with Crippen molar-refractivity contribution in [1.29, 1.82) is 0 Å². The van der Waals surface area contributed by atoms with Crippen molar-refractivity contribution in [1.82, 2.24) is 14.9 Å². The fraction of sp³-hybridized carbons (Fsp3) is 0.353. The van der Waals surface area contributed by atoms with Crippen LogP contribution in [-0.2, 0) is 16.1 Å². The Hall–Kier alpha value is -2.15. The number of hydrogen-bond acceptors (Lipinski definition) is 3. The molecule has 0 bridgehead atoms. The maximum absolute atomic E-state index is 12.5. The number of rotatable bonds is 6. The van der Waals surface area contributed by atoms with E-state index in [9.17, 15) is 9.59 Å². The van der Waals surface area contributed by atoms with Crippen LogP contribution in [0.1, 0.15) is 12.8 Å². The van der Waals surface area contributed by atoms with Crippen molar-refractivity contribution >= 4 is 33.4 Å². The first-order valence-electron chi connectivity index (χ1n) is 7.95. The second-order valence-electron chi connectivity index (χ2n) is 5.76. The molecule has 0 spiro atoms. The average Bonchev–Trinajstić information content (AvgIpc) is 3.21. The molecule has 1 aliphatic rings. The van der Waals surface area contributed by atoms with E-state index in [1.54, 1.807) is 17.4 Å². The Balaban J connectivity index is 1.50. The van der Waals surface area contributed by atoms with E-state index in [-0.39, 0.29) is 11.8 Å². The molecule has 1 atom stereocenters. The topological polar surface area (TPSA) is 67.2 Å². The van der Waals surface area contributed by atoms with Crippen LogP contribution in [0.15, 0.2) is 47.5 Å². The average molecular weight is 391 g/mol. The highest BCUT2D eigenvalue weighted by molar-refractivity contribution is 9.10. The van der Waals surface area contributed by atoms with Gasteiger partial charge in [-0.15, -0.1) is 0 Å². The number of anilines is 1. The Bertz CT molecular complexity index is 717. The van der Waals surface area contributed by atoms with Crippen LogP contribution in [0.5, 0.6) is 0 Å². The van der Waals surface area contributed by atoms with Crippen molar-refractivity contribution in [2.45, 2.75) is 19.4 Å². The number of carbonyl (C=O) groups is 2. The zero-order valence-electron chi connectivity index (χ0n) is 13.2. The van der Waals surface area contributed by atoms with Crippen molar-refractivity contribution in [3.63, 3.8) is 0 Å². The van der Waals surface area contributed by atoms with E-state index in [4.69, 9.17) is 0 Å². The van der Waals surface area contributed by atoms with E-state index < -0.39 is 5.92 Å². The molecule has 6 nitrogen and oxygen atoms in total. The smallest absolute Gasteiger partial charge is 0.239 e. The quantitative estimate of drug-likeness (QED) is 0.607. The van der Waals surface area contributed by atoms with Gasteiger partial charge in [0.1, 0.15) is 5.92 Å². The Morgan fingerprint density at radius 2 is 2.29 bits per heavy atom. The van der Waals surface area contributed by atoms with Gasteiger partial charge in [-0.05, 0) is 31.0 Å². The summed E-state index contributed by atoms with van der Waals surface area (Å²) in [4.78, 5) is 30.4. The molecule has 3 rings (SSSR count). The highest BCUT2D eigenvalue weighted by Gasteiger charge is 2.37. The molecule has 0 radical (unpaired) electrons. The van der Waals surface area contributed by atoms with Gasteiger partial charge in [-0.2, -0.15) is 0 Å². The van der Waals surface area contributed by atoms with Crippen LogP contribution in [-0.4, -0.2) is 34.5 Å². The van der Waals surface area contributed by atoms with Gasteiger partial charge in [0.05, 0.1) is 6.33 Å². The van der Waals surface area contributed by atoms with Gasteiger partial charge >= 0.3 is 0 Å². The molecular weight excluding hydrogens is 372 g/mol. The number of halogens is 1. The minimum Gasteiger partial charge on any atom is -0.355 e. The molecule has 0 aliphatic carbocycles. The fourth-order valence-electron chi connectivity index (χ4n) is 2.84. The summed E-state index contributed by atoms with van der Waals surface area (Å²) in [6, 6.07) is 7.57. The minimum absolute atomic E-state index is 0.125. The molecule has 2 heterocycles. The normalized spacial score (nSPS) is 17.3. The minimum atomic E-state index is -0.586. The molecule has 1 aliphatic heterocycles. The molecule has 2 amide bonds. The second-order valence-corrected chi connectivity index (χ2v) is 6.67. The van der Waals surface area contributed by atoms with Crippen LogP contribution in [0.3, 0.4) is 0 Å². The number of aromatic nitrogens is 2. The van der Waals surface area contributed by atoms with Gasteiger partial charge in [-0.3, -0.25) is 9.59 Å². The molecule has 126 valence electrons. The maximum atomic E-state index is 12.5. The van der Waals surface area contributed by atoms with Gasteiger partial charge in [0, 0.05) is 42.2 Å². The van der Waals surface area contributed by atoms with Crippen molar-refractivity contribution in [3.8, 4) is 0 Å². The molecule has 7 heteroatoms. The number of benzene rings is 1. The maximum Gasteiger partial charge on any atom is 0.239 e. The number of nitrogens with one attached hydrogen (secondary N) is 1. The van der Waals surface area contributed by atoms with Crippen molar-refractivity contribution in [3.05, 3.63) is 47.5 Å². The number of imidazole rings is 1. The first kappa shape index (κ1) is 16.7. The molecule has 1 N–H and O–H groups in total. The van der Waals surface area contributed by atoms with E-state index in [1.165, 1.54) is 0 Å². The number of carbonyl (C=O) groups excluding carboxylic acids is 2. The molecule has 1 saturated heterocycles. The lowest BCUT2D eigenvalue weighted by Gasteiger charge is -2.17. The van der Waals surface area contributed by atoms with Crippen molar-refractivity contribution < 1.29 is 9.59 Å². The summed E-state index contributed by atoms with van der Waals surface area (Å²) in [7, 11) is 0. The van der Waals surface area contributed by atoms with E-state index >= 15 is 0 Å². The Labute approximate surface area is 149 Å². The number of hydrogen-bond donors (Lipinski definition) is 1. The third-order valence-electron chi connectivity index (χ3n) is 4.09. The molecule has 1 aromatic heterocycles. The summed E-state index contributed by atoms with van der Waals surface area (Å²) < 4.78 is 2.88. The van der Waals surface area contributed by atoms with Crippen LogP contribution in [0.4, 0.5) is 5.69 Å². The lowest BCUT2D eigenvalue weighted by atomic mass is 10.1. The third kappa shape index (κ3) is 3.84. The van der Waals surface area contributed by atoms with E-state index in [2.05, 4.69) is 26.2 Å². The molecule has 0 saturated carbocycles. The highest BCUT2D eigenvalue weighted by atomic mass is 79.9. The van der Waals surface area contributed by atoms with Crippen molar-refractivity contribution in [2.24, 2.45) is 5.92 Å². The van der Waals surface area contributed by atoms with Crippen LogP contribution >= 0.6 is 15.9 Å². The molecule has 24 heavy (non-hydrogen) atoms. The van der Waals surface area contributed by atoms with Gasteiger partial charge in [-0.1, -0.05) is 22.0 Å². The Morgan fingerprint density at radius 1 is 1.42 bits per heavy atom. The number of nitrogens with zero attached hydrogens (tertiary/aromatic N) is 3. The number of aryl methyl sites for hydroxylation is 1. The van der Waals surface area contributed by atoms with E-state index in [1.807, 2.05) is 35.0 Å². The second kappa shape index (κ2) is 7.61. The zero-order valence-corrected chi connectivity index (χ0v) is 14.8. The summed E-state index contributed by atoms with van der Waals surface area (Å²) in [6.07, 6.45) is 6.72. The monoisotopic (exact) mass is 390 g/mol. The summed E-state index contributed by atoms with van der Waals surface area (Å²) >= 11 is 3.41. The summed E-state index contributed by atoms with van der Waals surface area (Å²) in [6.45, 7) is 1.92. The molecule has 1 aromatic carbocycles. The highest BCUT2D eigenvalue weighted by Crippen LogP contribution is 2.27. The van der Waals surface area contributed by atoms with Gasteiger partial charge < -0.3 is 14.8 Å². The van der Waals surface area contributed by atoms with Gasteiger partial charge in [0.25, 0.3) is 0 Å². The van der Waals surface area contributed by atoms with E-state index in [0.29, 0.717) is 19.5 Å². The molecule has 1 unspecified atom stereocenters. The summed E-state index contributed by atoms with van der Waals surface area (Å²) in [5, 5.41) is 2.87. The van der Waals surface area contributed by atoms with Gasteiger partial charge in [0.2, 0.25) is 11.8 Å². The standard InChI is InChI=1S/C17H19BrN4O2/c18-13-3-1-4-14(11-13)22-9-5-15(17(22)24)16(23)20-6-2-8-21-10-7-19-12-21/h1,3-4,7,10-12,15H,2,5-6,8-9H2,(H,20,23). The third-order valence-corrected chi connectivity index (χ3v) is 4.59. The molecule has 1 fully saturated rings. The van der Waals surface area contributed by atoms with E-state index in [0.717, 1.165) is 23.1 Å². The fourth-order valence-corrected chi connectivity index (χ4v) is 3.23. The zero-order chi connectivity index (χ0) is 16.9. The lowest BCUT2D eigenvalue weighted by molar-refractivity contribution is -0.132. The van der Waals surface area contributed by atoms with Gasteiger partial charge in [-0.25, -0.2) is 4.98 Å². The molecule has 2 aromatic rings. The predicted octanol–water partition coefficient (Wildman–Crippen LogP) is 2.20. The van der Waals surface area contributed by atoms with Crippen molar-refractivity contribution in [2.75, 3.05) is 18.0 Å². The largest absolute Gasteiger partial charge is 0.355 e. The number of amides is 2. The Kier molecular flexibility index (Phi) is 5.30.